The van der Waals surface area contributed by atoms with Gasteiger partial charge in [0.2, 0.25) is 3.79 Å². The van der Waals surface area contributed by atoms with E-state index in [0.29, 0.717) is 0 Å². The molecule has 2 aromatic rings. The first-order chi connectivity index (χ1) is 21.4. The van der Waals surface area contributed by atoms with E-state index in [2.05, 4.69) is 5.32 Å². The summed E-state index contributed by atoms with van der Waals surface area (Å²) in [5.74, 6) is -2.13. The SMILES string of the molecule is CC(=O)OCC1OC(CC(C)(C)[Si](O)(c2ccccc2)c2ccccc2)C(NC(=O)OCC(Cl)(Cl)Cl)C(OC(C)=O)C1OC(C)=O. The van der Waals surface area contributed by atoms with E-state index in [1.807, 2.05) is 74.5 Å². The summed E-state index contributed by atoms with van der Waals surface area (Å²) in [6, 6.07) is 17.3. The van der Waals surface area contributed by atoms with Gasteiger partial charge in [-0.1, -0.05) is 109 Å². The van der Waals surface area contributed by atoms with Crippen LogP contribution in [0.15, 0.2) is 60.7 Å². The minimum atomic E-state index is -3.63. The van der Waals surface area contributed by atoms with Crippen molar-refractivity contribution in [2.24, 2.45) is 0 Å². The van der Waals surface area contributed by atoms with E-state index >= 15 is 0 Å². The Labute approximate surface area is 283 Å². The lowest BCUT2D eigenvalue weighted by molar-refractivity contribution is -0.224. The Hall–Kier alpha value is -2.87. The van der Waals surface area contributed by atoms with Crippen LogP contribution in [0.1, 0.15) is 41.0 Å². The Balaban J connectivity index is 2.14. The fourth-order valence-electron chi connectivity index (χ4n) is 5.65. The smallest absolute Gasteiger partial charge is 0.407 e. The van der Waals surface area contributed by atoms with E-state index < -0.39 is 78.2 Å². The van der Waals surface area contributed by atoms with E-state index in [9.17, 15) is 24.0 Å². The standard InChI is InChI=1S/C31H38Cl3NO10Si/c1-19(36)41-17-25-27(43-20(2)37)28(44-21(3)38)26(35-29(39)42-18-31(32,33)34)24(45-25)16-30(4,5)46(40,22-12-8-6-9-13-22)23-14-10-7-11-15-23/h6-15,24-28,40H,16-18H2,1-5H3,(H,35,39). The summed E-state index contributed by atoms with van der Waals surface area (Å²) < 4.78 is 26.1. The molecule has 1 heterocycles. The number of alkyl halides is 3. The number of carbonyl (C=O) groups excluding carboxylic acids is 4. The maximum absolute atomic E-state index is 13.0. The summed E-state index contributed by atoms with van der Waals surface area (Å²) in [4.78, 5) is 62.2. The zero-order chi connectivity index (χ0) is 34.3. The highest BCUT2D eigenvalue weighted by molar-refractivity contribution is 6.98. The summed E-state index contributed by atoms with van der Waals surface area (Å²) in [6.45, 7) is 6.27. The molecule has 2 aromatic carbocycles. The van der Waals surface area contributed by atoms with Crippen molar-refractivity contribution in [3.05, 3.63) is 60.7 Å². The molecule has 3 rings (SSSR count). The van der Waals surface area contributed by atoms with Gasteiger partial charge >= 0.3 is 24.0 Å². The van der Waals surface area contributed by atoms with Gasteiger partial charge in [-0.15, -0.1) is 0 Å². The zero-order valence-electron chi connectivity index (χ0n) is 26.0. The van der Waals surface area contributed by atoms with Crippen LogP contribution in [0, 0.1) is 0 Å². The van der Waals surface area contributed by atoms with Crippen LogP contribution in [0.3, 0.4) is 0 Å². The van der Waals surface area contributed by atoms with Crippen molar-refractivity contribution in [1.29, 1.82) is 0 Å². The molecule has 11 nitrogen and oxygen atoms in total. The quantitative estimate of drug-likeness (QED) is 0.153. The molecule has 0 spiro atoms. The van der Waals surface area contributed by atoms with Crippen molar-refractivity contribution in [3.63, 3.8) is 0 Å². The molecular weight excluding hydrogens is 681 g/mol. The number of alkyl carbamates (subject to hydrolysis) is 1. The van der Waals surface area contributed by atoms with Crippen molar-refractivity contribution in [2.45, 2.75) is 80.3 Å². The van der Waals surface area contributed by atoms with Gasteiger partial charge in [0.05, 0.1) is 12.1 Å². The highest BCUT2D eigenvalue weighted by Crippen LogP contribution is 2.43. The van der Waals surface area contributed by atoms with Crippen molar-refractivity contribution in [3.8, 4) is 0 Å². The average Bonchev–Trinajstić information content (AvgIpc) is 2.97. The normalized spacial score (nSPS) is 21.9. The number of ether oxygens (including phenoxy) is 5. The Morgan fingerprint density at radius 1 is 0.804 bits per heavy atom. The van der Waals surface area contributed by atoms with E-state index in [0.717, 1.165) is 24.2 Å². The summed E-state index contributed by atoms with van der Waals surface area (Å²) in [7, 11) is -3.63. The van der Waals surface area contributed by atoms with Gasteiger partial charge in [-0.2, -0.15) is 0 Å². The van der Waals surface area contributed by atoms with Crippen molar-refractivity contribution >= 4 is 77.5 Å². The number of carbonyl (C=O) groups is 4. The van der Waals surface area contributed by atoms with Gasteiger partial charge in [-0.25, -0.2) is 4.79 Å². The number of hydrogen-bond donors (Lipinski definition) is 2. The fourth-order valence-corrected chi connectivity index (χ4v) is 9.55. The zero-order valence-corrected chi connectivity index (χ0v) is 29.3. The number of hydrogen-bond acceptors (Lipinski definition) is 10. The van der Waals surface area contributed by atoms with Gasteiger partial charge in [0, 0.05) is 20.8 Å². The maximum Gasteiger partial charge on any atom is 0.407 e. The Kier molecular flexibility index (Phi) is 12.9. The second-order valence-corrected chi connectivity index (χ2v) is 18.0. The van der Waals surface area contributed by atoms with E-state index in [-0.39, 0.29) is 13.0 Å². The third-order valence-electron chi connectivity index (χ3n) is 7.57. The van der Waals surface area contributed by atoms with Gasteiger partial charge in [0.15, 0.2) is 12.2 Å². The molecule has 0 aliphatic carbocycles. The molecule has 0 saturated carbocycles. The molecule has 5 unspecified atom stereocenters. The largest absolute Gasteiger partial charge is 0.463 e. The van der Waals surface area contributed by atoms with E-state index in [4.69, 9.17) is 58.5 Å². The Morgan fingerprint density at radius 3 is 1.76 bits per heavy atom. The van der Waals surface area contributed by atoms with Crippen LogP contribution >= 0.6 is 34.8 Å². The van der Waals surface area contributed by atoms with Crippen molar-refractivity contribution in [1.82, 2.24) is 5.32 Å². The van der Waals surface area contributed by atoms with Crippen LogP contribution in [0.5, 0.6) is 0 Å². The molecule has 1 aliphatic heterocycles. The molecular formula is C31H38Cl3NO10Si. The molecule has 0 bridgehead atoms. The second-order valence-electron chi connectivity index (χ2n) is 11.6. The number of benzene rings is 2. The Bertz CT molecular complexity index is 1320. The summed E-state index contributed by atoms with van der Waals surface area (Å²) in [5, 5.41) is 3.14. The van der Waals surface area contributed by atoms with Gasteiger partial charge in [0.1, 0.15) is 19.3 Å². The van der Waals surface area contributed by atoms with Gasteiger partial charge < -0.3 is 33.8 Å². The molecule has 1 amide bonds. The minimum Gasteiger partial charge on any atom is -0.463 e. The highest BCUT2D eigenvalue weighted by Gasteiger charge is 2.56. The average molecular weight is 719 g/mol. The van der Waals surface area contributed by atoms with Crippen LogP contribution in [0.25, 0.3) is 0 Å². The van der Waals surface area contributed by atoms with E-state index in [1.165, 1.54) is 6.92 Å². The lowest BCUT2D eigenvalue weighted by Gasteiger charge is -2.49. The van der Waals surface area contributed by atoms with Gasteiger partial charge in [-0.3, -0.25) is 14.4 Å². The highest BCUT2D eigenvalue weighted by atomic mass is 35.6. The second kappa shape index (κ2) is 15.8. The van der Waals surface area contributed by atoms with Crippen molar-refractivity contribution in [2.75, 3.05) is 13.2 Å². The first-order valence-electron chi connectivity index (χ1n) is 14.4. The third-order valence-corrected chi connectivity index (χ3v) is 12.4. The number of amides is 1. The predicted molar refractivity (Wildman–Crippen MR) is 174 cm³/mol. The molecule has 46 heavy (non-hydrogen) atoms. The Morgan fingerprint density at radius 2 is 1.30 bits per heavy atom. The first kappa shape index (κ1) is 37.6. The third kappa shape index (κ3) is 9.82. The lowest BCUT2D eigenvalue weighted by Crippen LogP contribution is -2.69. The fraction of sp³-hybridized carbons (Fsp3) is 0.484. The van der Waals surface area contributed by atoms with Crippen LogP contribution in [-0.4, -0.2) is 84.6 Å². The van der Waals surface area contributed by atoms with Crippen LogP contribution in [0.2, 0.25) is 5.04 Å². The predicted octanol–water partition coefficient (Wildman–Crippen LogP) is 3.57. The maximum atomic E-state index is 13.0. The first-order valence-corrected chi connectivity index (χ1v) is 17.5. The van der Waals surface area contributed by atoms with Crippen LogP contribution in [0.4, 0.5) is 4.79 Å². The molecule has 2 N–H and O–H groups in total. The minimum absolute atomic E-state index is 0.0655. The molecule has 1 saturated heterocycles. The summed E-state index contributed by atoms with van der Waals surface area (Å²) in [5.41, 5.74) is 0. The number of esters is 3. The summed E-state index contributed by atoms with van der Waals surface area (Å²) >= 11 is 17.3. The molecule has 0 aromatic heterocycles. The summed E-state index contributed by atoms with van der Waals surface area (Å²) in [6.07, 6.45) is -5.80. The topological polar surface area (TPSA) is 147 Å². The molecule has 1 aliphatic rings. The molecule has 15 heteroatoms. The van der Waals surface area contributed by atoms with E-state index in [1.54, 1.807) is 0 Å². The van der Waals surface area contributed by atoms with Crippen molar-refractivity contribution < 1.29 is 47.7 Å². The molecule has 0 radical (unpaired) electrons. The van der Waals surface area contributed by atoms with Gasteiger partial charge in [-0.05, 0) is 21.8 Å². The number of rotatable bonds is 11. The van der Waals surface area contributed by atoms with Crippen LogP contribution < -0.4 is 15.7 Å². The monoisotopic (exact) mass is 717 g/mol. The van der Waals surface area contributed by atoms with Crippen LogP contribution in [-0.2, 0) is 38.1 Å². The molecule has 1 fully saturated rings. The number of halogens is 3. The lowest BCUT2D eigenvalue weighted by atomic mass is 9.87. The van der Waals surface area contributed by atoms with Gasteiger partial charge in [0.25, 0.3) is 8.32 Å². The number of nitrogens with one attached hydrogen (secondary N) is 1. The molecule has 252 valence electrons. The molecule has 5 atom stereocenters.